The molecule has 0 aliphatic carbocycles. The first-order chi connectivity index (χ1) is 16.4. The third kappa shape index (κ3) is 11.1. The average molecular weight is 583 g/mol. The molecule has 0 saturated carbocycles. The summed E-state index contributed by atoms with van der Waals surface area (Å²) in [5.74, 6) is 2.05. The zero-order chi connectivity index (χ0) is 26.6. The third-order valence-electron chi connectivity index (χ3n) is 4.17. The van der Waals surface area contributed by atoms with Crippen molar-refractivity contribution in [3.63, 3.8) is 0 Å². The van der Waals surface area contributed by atoms with Crippen molar-refractivity contribution in [2.45, 2.75) is 52.4 Å². The summed E-state index contributed by atoms with van der Waals surface area (Å²) < 4.78 is 32.2. The predicted molar refractivity (Wildman–Crippen MR) is 151 cm³/mol. The van der Waals surface area contributed by atoms with Crippen molar-refractivity contribution < 1.29 is 27.1 Å². The molecule has 1 heterocycles. The Balaban J connectivity index is 0.000000355. The van der Waals surface area contributed by atoms with Gasteiger partial charge in [-0.05, 0) is 57.7 Å². The van der Waals surface area contributed by atoms with Crippen molar-refractivity contribution in [2.24, 2.45) is 0 Å². The van der Waals surface area contributed by atoms with Crippen LogP contribution >= 0.6 is 25.2 Å². The molecule has 0 atom stereocenters. The number of thioether (sulfide) groups is 1. The van der Waals surface area contributed by atoms with Crippen LogP contribution in [0.1, 0.15) is 50.7 Å². The van der Waals surface area contributed by atoms with Gasteiger partial charge in [-0.1, -0.05) is 13.8 Å². The van der Waals surface area contributed by atoms with Crippen LogP contribution < -0.4 is 9.05 Å². The van der Waals surface area contributed by atoms with Crippen molar-refractivity contribution in [1.29, 1.82) is 0 Å². The number of nitrogens with zero attached hydrogens (tertiary/aromatic N) is 2. The summed E-state index contributed by atoms with van der Waals surface area (Å²) in [4.78, 5) is 9.93. The van der Waals surface area contributed by atoms with Crippen molar-refractivity contribution in [1.82, 2.24) is 9.97 Å². The minimum Gasteiger partial charge on any atom is -0.424 e. The number of hydrogen-bond acceptors (Lipinski definition) is 11. The van der Waals surface area contributed by atoms with E-state index in [2.05, 4.69) is 9.97 Å². The summed E-state index contributed by atoms with van der Waals surface area (Å²) in [7, 11) is 2.99. The van der Waals surface area contributed by atoms with Gasteiger partial charge in [-0.15, -0.1) is 11.8 Å². The maximum Gasteiger partial charge on any atom is 0.381 e. The Bertz CT molecular complexity index is 1020. The first kappa shape index (κ1) is 32.4. The Kier molecular flexibility index (Phi) is 14.4. The van der Waals surface area contributed by atoms with Gasteiger partial charge in [0, 0.05) is 60.4 Å². The van der Waals surface area contributed by atoms with E-state index in [0.717, 1.165) is 17.1 Å². The van der Waals surface area contributed by atoms with Crippen LogP contribution in [0.3, 0.4) is 0 Å². The van der Waals surface area contributed by atoms with Gasteiger partial charge in [0.2, 0.25) is 5.88 Å². The number of rotatable bonds is 12. The topological polar surface area (TPSA) is 81.2 Å². The Morgan fingerprint density at radius 2 is 1.51 bits per heavy atom. The lowest BCUT2D eigenvalue weighted by atomic mass is 10.2. The summed E-state index contributed by atoms with van der Waals surface area (Å²) in [6.45, 7) is 7.19. The van der Waals surface area contributed by atoms with E-state index in [1.54, 1.807) is 17.8 Å². The molecule has 13 heteroatoms. The normalized spacial score (nSPS) is 11.7. The predicted octanol–water partition coefficient (Wildman–Crippen LogP) is 7.20. The highest BCUT2D eigenvalue weighted by Crippen LogP contribution is 2.49. The average Bonchev–Trinajstić information content (AvgIpc) is 2.79. The van der Waals surface area contributed by atoms with E-state index in [1.165, 1.54) is 19.1 Å². The van der Waals surface area contributed by atoms with Gasteiger partial charge < -0.3 is 18.1 Å². The largest absolute Gasteiger partial charge is 0.424 e. The number of benzene rings is 1. The summed E-state index contributed by atoms with van der Waals surface area (Å²) in [5.41, 5.74) is 1.99. The Hall–Kier alpha value is -0.610. The summed E-state index contributed by atoms with van der Waals surface area (Å²) in [6, 6.07) is 7.55. The molecule has 0 unspecified atom stereocenters. The van der Waals surface area contributed by atoms with Gasteiger partial charge in [0.25, 0.3) is 0 Å². The molecule has 2 rings (SSSR count). The first-order valence-corrected chi connectivity index (χ1v) is 17.3. The minimum atomic E-state index is -2.77. The van der Waals surface area contributed by atoms with Crippen LogP contribution in [0, 0.1) is 13.8 Å². The van der Waals surface area contributed by atoms with Gasteiger partial charge >= 0.3 is 13.4 Å². The van der Waals surface area contributed by atoms with Crippen LogP contribution in [0.4, 0.5) is 0 Å². The zero-order valence-electron chi connectivity index (χ0n) is 21.8. The molecule has 0 radical (unpaired) electrons. The molecule has 0 spiro atoms. The van der Waals surface area contributed by atoms with Gasteiger partial charge in [-0.25, -0.2) is 4.98 Å². The highest BCUT2D eigenvalue weighted by molar-refractivity contribution is 8.08. The monoisotopic (exact) mass is 582 g/mol. The zero-order valence-corrected chi connectivity index (χ0v) is 26.0. The maximum atomic E-state index is 5.68. The van der Waals surface area contributed by atoms with Crippen LogP contribution in [0.25, 0.3) is 0 Å². The molecule has 0 fully saturated rings. The SMILES string of the molecule is CCOP(=S)(OCC)Oc1cc(C)nc(C(C)C)n1.COP(=S)(OC)Oc1ccc(SC)c(C)c1. The smallest absolute Gasteiger partial charge is 0.381 e. The van der Waals surface area contributed by atoms with E-state index in [0.29, 0.717) is 24.8 Å². The summed E-state index contributed by atoms with van der Waals surface area (Å²) in [6.07, 6.45) is 2.04. The molecule has 0 bridgehead atoms. The van der Waals surface area contributed by atoms with E-state index in [4.69, 9.17) is 50.8 Å². The van der Waals surface area contributed by atoms with Crippen LogP contribution in [-0.2, 0) is 41.7 Å². The van der Waals surface area contributed by atoms with E-state index >= 15 is 0 Å². The Labute approximate surface area is 224 Å². The van der Waals surface area contributed by atoms with E-state index in [1.807, 2.05) is 66.0 Å². The fraction of sp³-hybridized carbons (Fsp3) is 0.545. The molecule has 0 aliphatic heterocycles. The maximum absolute atomic E-state index is 5.68. The Morgan fingerprint density at radius 1 is 0.914 bits per heavy atom. The molecule has 0 N–H and O–H groups in total. The summed E-state index contributed by atoms with van der Waals surface area (Å²) in [5, 5.41) is 0. The minimum absolute atomic E-state index is 0.222. The summed E-state index contributed by atoms with van der Waals surface area (Å²) >= 11 is 12.1. The lowest BCUT2D eigenvalue weighted by molar-refractivity contribution is 0.215. The van der Waals surface area contributed by atoms with Gasteiger partial charge in [-0.2, -0.15) is 4.98 Å². The van der Waals surface area contributed by atoms with Crippen LogP contribution in [0.15, 0.2) is 29.2 Å². The second-order valence-electron chi connectivity index (χ2n) is 7.27. The van der Waals surface area contributed by atoms with Crippen LogP contribution in [0.2, 0.25) is 0 Å². The fourth-order valence-corrected chi connectivity index (χ4v) is 6.08. The van der Waals surface area contributed by atoms with Gasteiger partial charge in [0.15, 0.2) is 0 Å². The molecule has 8 nitrogen and oxygen atoms in total. The molecule has 1 aromatic carbocycles. The van der Waals surface area contributed by atoms with Gasteiger partial charge in [0.1, 0.15) is 11.6 Å². The molecular weight excluding hydrogens is 546 g/mol. The molecule has 1 aromatic heterocycles. The molecular formula is C22H36N2O6P2S3. The highest BCUT2D eigenvalue weighted by Gasteiger charge is 2.23. The number of aromatic nitrogens is 2. The van der Waals surface area contributed by atoms with Gasteiger partial charge in [0.05, 0.1) is 13.2 Å². The highest BCUT2D eigenvalue weighted by atomic mass is 32.5. The van der Waals surface area contributed by atoms with E-state index < -0.39 is 13.4 Å². The lowest BCUT2D eigenvalue weighted by Gasteiger charge is -2.20. The fourth-order valence-electron chi connectivity index (χ4n) is 2.57. The lowest BCUT2D eigenvalue weighted by Crippen LogP contribution is -2.06. The Morgan fingerprint density at radius 3 is 1.97 bits per heavy atom. The molecule has 2 aromatic rings. The number of aryl methyl sites for hydroxylation is 2. The quantitative estimate of drug-likeness (QED) is 0.188. The van der Waals surface area contributed by atoms with Gasteiger partial charge in [-0.3, -0.25) is 9.05 Å². The molecule has 0 saturated heterocycles. The standard InChI is InChI=1S/C12H21N2O3PS.C10H15O3PS2/c1-6-15-18(19,16-7-2)17-11-8-10(5)13-12(14-11)9(3)4;1-8-7-9(5-6-10(8)16-4)13-14(15,11-2)12-3/h8-9H,6-7H2,1-5H3;5-7H,1-4H3. The van der Waals surface area contributed by atoms with E-state index in [9.17, 15) is 0 Å². The molecule has 0 aliphatic rings. The van der Waals surface area contributed by atoms with Crippen molar-refractivity contribution >= 4 is 48.8 Å². The number of hydrogen-bond donors (Lipinski definition) is 0. The van der Waals surface area contributed by atoms with Crippen molar-refractivity contribution in [2.75, 3.05) is 33.7 Å². The van der Waals surface area contributed by atoms with E-state index in [-0.39, 0.29) is 5.92 Å². The molecule has 35 heavy (non-hydrogen) atoms. The second-order valence-corrected chi connectivity index (χ2v) is 14.2. The molecule has 198 valence electrons. The second kappa shape index (κ2) is 15.6. The van der Waals surface area contributed by atoms with Crippen molar-refractivity contribution in [3.05, 3.63) is 41.3 Å². The van der Waals surface area contributed by atoms with Crippen LogP contribution in [-0.4, -0.2) is 43.7 Å². The third-order valence-corrected chi connectivity index (χ3v) is 9.94. The van der Waals surface area contributed by atoms with Crippen molar-refractivity contribution in [3.8, 4) is 11.6 Å². The first-order valence-electron chi connectivity index (χ1n) is 10.9. The van der Waals surface area contributed by atoms with Crippen LogP contribution in [0.5, 0.6) is 11.6 Å². The molecule has 0 amide bonds.